The van der Waals surface area contributed by atoms with E-state index < -0.39 is 16.8 Å². The van der Waals surface area contributed by atoms with Crippen LogP contribution in [0, 0.1) is 10.1 Å². The third kappa shape index (κ3) is 3.92. The lowest BCUT2D eigenvalue weighted by atomic mass is 10.1. The topological polar surface area (TPSA) is 89.8 Å². The number of amides is 1. The summed E-state index contributed by atoms with van der Waals surface area (Å²) in [5.41, 5.74) is -0.445. The van der Waals surface area contributed by atoms with Crippen molar-refractivity contribution in [2.45, 2.75) is 6.42 Å². The van der Waals surface area contributed by atoms with Crippen LogP contribution in [0.1, 0.15) is 16.8 Å². The number of esters is 1. The first-order chi connectivity index (χ1) is 9.36. The molecule has 1 rings (SSSR count). The summed E-state index contributed by atoms with van der Waals surface area (Å²) < 4.78 is 4.46. The predicted molar refractivity (Wildman–Crippen MR) is 71.7 cm³/mol. The van der Waals surface area contributed by atoms with Crippen molar-refractivity contribution in [3.05, 3.63) is 38.9 Å². The van der Waals surface area contributed by atoms with Gasteiger partial charge in [0.05, 0.1) is 18.5 Å². The number of rotatable bonds is 5. The Morgan fingerprint density at radius 2 is 2.10 bits per heavy atom. The van der Waals surface area contributed by atoms with Crippen LogP contribution < -0.4 is 0 Å². The van der Waals surface area contributed by atoms with Gasteiger partial charge in [-0.25, -0.2) is 0 Å². The lowest BCUT2D eigenvalue weighted by Crippen LogP contribution is -2.29. The number of nitrogens with zero attached hydrogens (tertiary/aromatic N) is 2. The normalized spacial score (nSPS) is 9.95. The Kier molecular flexibility index (Phi) is 5.45. The standard InChI is InChI=1S/C12H13ClN2O5/c1-14(6-5-11(16)20-2)12(17)9-4-3-8(13)7-10(9)15(18)19/h3-4,7H,5-6H2,1-2H3. The van der Waals surface area contributed by atoms with Gasteiger partial charge in [0.15, 0.2) is 0 Å². The molecule has 7 nitrogen and oxygen atoms in total. The molecule has 0 N–H and O–H groups in total. The maximum absolute atomic E-state index is 12.1. The van der Waals surface area contributed by atoms with E-state index in [2.05, 4.69) is 4.74 Å². The summed E-state index contributed by atoms with van der Waals surface area (Å²) >= 11 is 5.68. The van der Waals surface area contributed by atoms with Crippen molar-refractivity contribution in [2.75, 3.05) is 20.7 Å². The van der Waals surface area contributed by atoms with E-state index in [1.807, 2.05) is 0 Å². The average Bonchev–Trinajstić information content (AvgIpc) is 2.43. The van der Waals surface area contributed by atoms with Crippen LogP contribution in [-0.2, 0) is 9.53 Å². The number of halogens is 1. The molecule has 1 aromatic carbocycles. The number of hydrogen-bond donors (Lipinski definition) is 0. The number of benzene rings is 1. The molecule has 0 bridgehead atoms. The Bertz CT molecular complexity index is 547. The van der Waals surface area contributed by atoms with Gasteiger partial charge in [0.2, 0.25) is 0 Å². The van der Waals surface area contributed by atoms with Crippen LogP contribution in [0.15, 0.2) is 18.2 Å². The van der Waals surface area contributed by atoms with Gasteiger partial charge in [-0.2, -0.15) is 0 Å². The van der Waals surface area contributed by atoms with Gasteiger partial charge in [-0.3, -0.25) is 19.7 Å². The molecule has 0 radical (unpaired) electrons. The van der Waals surface area contributed by atoms with Crippen molar-refractivity contribution in [3.63, 3.8) is 0 Å². The second-order valence-corrected chi connectivity index (χ2v) is 4.41. The fourth-order valence-electron chi connectivity index (χ4n) is 1.50. The van der Waals surface area contributed by atoms with Gasteiger partial charge < -0.3 is 9.64 Å². The molecule has 0 saturated carbocycles. The molecule has 0 aliphatic rings. The van der Waals surface area contributed by atoms with E-state index >= 15 is 0 Å². The fourth-order valence-corrected chi connectivity index (χ4v) is 1.67. The van der Waals surface area contributed by atoms with Crippen molar-refractivity contribution >= 4 is 29.2 Å². The Hall–Kier alpha value is -2.15. The molecule has 0 aliphatic heterocycles. The molecule has 1 amide bonds. The van der Waals surface area contributed by atoms with Crippen molar-refractivity contribution < 1.29 is 19.2 Å². The summed E-state index contributed by atoms with van der Waals surface area (Å²) in [4.78, 5) is 34.6. The van der Waals surface area contributed by atoms with Crippen molar-refractivity contribution in [1.29, 1.82) is 0 Å². The SMILES string of the molecule is COC(=O)CCN(C)C(=O)c1ccc(Cl)cc1[N+](=O)[O-]. The summed E-state index contributed by atoms with van der Waals surface area (Å²) in [5.74, 6) is -1.02. The molecule has 0 fully saturated rings. The van der Waals surface area contributed by atoms with E-state index in [1.54, 1.807) is 0 Å². The quantitative estimate of drug-likeness (QED) is 0.470. The molecule has 1 aromatic rings. The number of hydrogen-bond acceptors (Lipinski definition) is 5. The molecule has 108 valence electrons. The minimum atomic E-state index is -0.673. The molecule has 0 atom stereocenters. The molecule has 8 heteroatoms. The average molecular weight is 301 g/mol. The minimum Gasteiger partial charge on any atom is -0.469 e. The van der Waals surface area contributed by atoms with Gasteiger partial charge in [0, 0.05) is 24.7 Å². The van der Waals surface area contributed by atoms with Crippen LogP contribution >= 0.6 is 11.6 Å². The zero-order chi connectivity index (χ0) is 15.3. The highest BCUT2D eigenvalue weighted by Gasteiger charge is 2.23. The Labute approximate surface area is 120 Å². The van der Waals surface area contributed by atoms with E-state index in [9.17, 15) is 19.7 Å². The first kappa shape index (κ1) is 15.9. The van der Waals surface area contributed by atoms with E-state index in [-0.39, 0.29) is 29.2 Å². The monoisotopic (exact) mass is 300 g/mol. The second-order valence-electron chi connectivity index (χ2n) is 3.97. The third-order valence-electron chi connectivity index (χ3n) is 2.61. The van der Waals surface area contributed by atoms with Gasteiger partial charge in [-0.05, 0) is 12.1 Å². The molecular formula is C12H13ClN2O5. The Morgan fingerprint density at radius 3 is 2.65 bits per heavy atom. The number of ether oxygens (including phenoxy) is 1. The number of carbonyl (C=O) groups is 2. The van der Waals surface area contributed by atoms with Crippen molar-refractivity contribution in [2.24, 2.45) is 0 Å². The van der Waals surface area contributed by atoms with E-state index in [0.29, 0.717) is 0 Å². The maximum atomic E-state index is 12.1. The van der Waals surface area contributed by atoms with E-state index in [1.165, 1.54) is 31.2 Å². The lowest BCUT2D eigenvalue weighted by molar-refractivity contribution is -0.385. The summed E-state index contributed by atoms with van der Waals surface area (Å²) in [6.45, 7) is 0.102. The van der Waals surface area contributed by atoms with Crippen molar-refractivity contribution in [3.8, 4) is 0 Å². The van der Waals surface area contributed by atoms with Gasteiger partial charge in [0.25, 0.3) is 11.6 Å². The molecule has 0 heterocycles. The summed E-state index contributed by atoms with van der Waals surface area (Å²) in [6, 6.07) is 3.80. The minimum absolute atomic E-state index is 0.0140. The van der Waals surface area contributed by atoms with Crippen LogP contribution in [0.5, 0.6) is 0 Å². The van der Waals surface area contributed by atoms with Crippen LogP contribution in [0.3, 0.4) is 0 Å². The number of carbonyl (C=O) groups excluding carboxylic acids is 2. The van der Waals surface area contributed by atoms with Gasteiger partial charge >= 0.3 is 5.97 Å². The highest BCUT2D eigenvalue weighted by atomic mass is 35.5. The predicted octanol–water partition coefficient (Wildman–Crippen LogP) is 1.88. The first-order valence-corrected chi connectivity index (χ1v) is 6.00. The number of nitro benzene ring substituents is 1. The van der Waals surface area contributed by atoms with Crippen LogP contribution in [0.2, 0.25) is 5.02 Å². The van der Waals surface area contributed by atoms with Crippen LogP contribution in [0.25, 0.3) is 0 Å². The smallest absolute Gasteiger partial charge is 0.307 e. The molecule has 20 heavy (non-hydrogen) atoms. The molecule has 0 spiro atoms. The molecule has 0 aromatic heterocycles. The molecule has 0 unspecified atom stereocenters. The van der Waals surface area contributed by atoms with Gasteiger partial charge in [0.1, 0.15) is 5.56 Å². The zero-order valence-corrected chi connectivity index (χ0v) is 11.7. The summed E-state index contributed by atoms with van der Waals surface area (Å²) in [5, 5.41) is 11.1. The summed E-state index contributed by atoms with van der Waals surface area (Å²) in [6.07, 6.45) is 0.0140. The van der Waals surface area contributed by atoms with E-state index in [4.69, 9.17) is 11.6 Å². The van der Waals surface area contributed by atoms with Crippen molar-refractivity contribution in [1.82, 2.24) is 4.90 Å². The molecular weight excluding hydrogens is 288 g/mol. The van der Waals surface area contributed by atoms with E-state index in [0.717, 1.165) is 6.07 Å². The van der Waals surface area contributed by atoms with Crippen LogP contribution in [0.4, 0.5) is 5.69 Å². The lowest BCUT2D eigenvalue weighted by Gasteiger charge is -2.16. The number of nitro groups is 1. The highest BCUT2D eigenvalue weighted by Crippen LogP contribution is 2.24. The fraction of sp³-hybridized carbons (Fsp3) is 0.333. The molecule has 0 aliphatic carbocycles. The highest BCUT2D eigenvalue weighted by molar-refractivity contribution is 6.31. The first-order valence-electron chi connectivity index (χ1n) is 5.63. The maximum Gasteiger partial charge on any atom is 0.307 e. The van der Waals surface area contributed by atoms with Gasteiger partial charge in [-0.15, -0.1) is 0 Å². The Balaban J connectivity index is 2.91. The number of methoxy groups -OCH3 is 1. The zero-order valence-electron chi connectivity index (χ0n) is 11.0. The Morgan fingerprint density at radius 1 is 1.45 bits per heavy atom. The largest absolute Gasteiger partial charge is 0.469 e. The van der Waals surface area contributed by atoms with Gasteiger partial charge in [-0.1, -0.05) is 11.6 Å². The third-order valence-corrected chi connectivity index (χ3v) is 2.85. The summed E-state index contributed by atoms with van der Waals surface area (Å²) in [7, 11) is 2.69. The van der Waals surface area contributed by atoms with Crippen LogP contribution in [-0.4, -0.2) is 42.4 Å². The molecule has 0 saturated heterocycles. The second kappa shape index (κ2) is 6.85.